The molecule has 0 spiro atoms. The van der Waals surface area contributed by atoms with Crippen molar-refractivity contribution in [3.63, 3.8) is 0 Å². The van der Waals surface area contributed by atoms with Crippen molar-refractivity contribution in [3.05, 3.63) is 57.8 Å². The first-order chi connectivity index (χ1) is 8.33. The van der Waals surface area contributed by atoms with Crippen molar-refractivity contribution in [3.8, 4) is 0 Å². The molecule has 0 aliphatic carbocycles. The number of rotatable bonds is 2. The lowest BCUT2D eigenvalue weighted by Crippen LogP contribution is -1.95. The van der Waals surface area contributed by atoms with Crippen molar-refractivity contribution in [2.75, 3.05) is 5.32 Å². The van der Waals surface area contributed by atoms with Crippen LogP contribution in [0.1, 0.15) is 9.67 Å². The highest BCUT2D eigenvalue weighted by Crippen LogP contribution is 2.40. The number of anilines is 1. The van der Waals surface area contributed by atoms with Crippen LogP contribution in [-0.2, 0) is 0 Å². The van der Waals surface area contributed by atoms with Crippen LogP contribution < -0.4 is 5.32 Å². The maximum absolute atomic E-state index is 11.9. The second kappa shape index (κ2) is 4.39. The zero-order chi connectivity index (χ0) is 11.7. The molecule has 3 rings (SSSR count). The number of ketones is 1. The molecular formula is C13H9NOS2. The number of allylic oxidation sites excluding steroid dienone is 1. The molecule has 0 fully saturated rings. The normalized spacial score (nSPS) is 15.6. The zero-order valence-corrected chi connectivity index (χ0v) is 10.5. The molecule has 0 radical (unpaired) electrons. The largest absolute Gasteiger partial charge is 0.349 e. The van der Waals surface area contributed by atoms with Gasteiger partial charge in [0.05, 0.1) is 15.6 Å². The zero-order valence-electron chi connectivity index (χ0n) is 8.84. The van der Waals surface area contributed by atoms with E-state index in [4.69, 9.17) is 0 Å². The summed E-state index contributed by atoms with van der Waals surface area (Å²) in [7, 11) is 0. The van der Waals surface area contributed by atoms with E-state index in [-0.39, 0.29) is 5.78 Å². The molecule has 0 amide bonds. The Kier molecular flexibility index (Phi) is 2.74. The van der Waals surface area contributed by atoms with E-state index in [1.807, 2.05) is 41.8 Å². The topological polar surface area (TPSA) is 29.1 Å². The molecule has 0 bridgehead atoms. The van der Waals surface area contributed by atoms with Crippen LogP contribution in [0, 0.1) is 0 Å². The van der Waals surface area contributed by atoms with E-state index >= 15 is 0 Å². The SMILES string of the molecule is O=C(C=C1Nc2ccccc2S1)c1cccs1. The molecule has 0 saturated heterocycles. The van der Waals surface area contributed by atoms with Crippen LogP contribution in [0.2, 0.25) is 0 Å². The monoisotopic (exact) mass is 259 g/mol. The molecule has 1 N–H and O–H groups in total. The molecule has 0 atom stereocenters. The van der Waals surface area contributed by atoms with Crippen molar-refractivity contribution >= 4 is 34.6 Å². The minimum atomic E-state index is 0.0582. The van der Waals surface area contributed by atoms with Crippen molar-refractivity contribution in [1.82, 2.24) is 0 Å². The first kappa shape index (κ1) is 10.6. The molecule has 1 aromatic heterocycles. The summed E-state index contributed by atoms with van der Waals surface area (Å²) in [6.45, 7) is 0. The molecule has 4 heteroatoms. The van der Waals surface area contributed by atoms with Gasteiger partial charge in [-0.2, -0.15) is 0 Å². The van der Waals surface area contributed by atoms with Crippen LogP contribution >= 0.6 is 23.1 Å². The van der Waals surface area contributed by atoms with E-state index in [1.165, 1.54) is 11.3 Å². The third-order valence-electron chi connectivity index (χ3n) is 2.39. The van der Waals surface area contributed by atoms with E-state index in [0.717, 1.165) is 20.5 Å². The fourth-order valence-electron chi connectivity index (χ4n) is 1.61. The fraction of sp³-hybridized carbons (Fsp3) is 0. The second-order valence-electron chi connectivity index (χ2n) is 3.57. The lowest BCUT2D eigenvalue weighted by molar-refractivity contribution is 0.105. The van der Waals surface area contributed by atoms with Gasteiger partial charge in [-0.1, -0.05) is 30.0 Å². The first-order valence-corrected chi connectivity index (χ1v) is 6.86. The number of hydrogen-bond acceptors (Lipinski definition) is 4. The molecule has 0 saturated carbocycles. The van der Waals surface area contributed by atoms with Crippen LogP contribution in [0.5, 0.6) is 0 Å². The summed E-state index contributed by atoms with van der Waals surface area (Å²) >= 11 is 3.06. The number of nitrogens with one attached hydrogen (secondary N) is 1. The van der Waals surface area contributed by atoms with Crippen LogP contribution in [-0.4, -0.2) is 5.78 Å². The highest BCUT2D eigenvalue weighted by Gasteiger charge is 2.16. The van der Waals surface area contributed by atoms with Crippen molar-refractivity contribution in [2.24, 2.45) is 0 Å². The maximum atomic E-state index is 11.9. The third-order valence-corrected chi connectivity index (χ3v) is 4.29. The van der Waals surface area contributed by atoms with Gasteiger partial charge in [0.1, 0.15) is 0 Å². The summed E-state index contributed by atoms with van der Waals surface area (Å²) in [5.41, 5.74) is 1.07. The van der Waals surface area contributed by atoms with Crippen LogP contribution in [0.3, 0.4) is 0 Å². The molecule has 0 unspecified atom stereocenters. The van der Waals surface area contributed by atoms with Gasteiger partial charge in [0.25, 0.3) is 0 Å². The van der Waals surface area contributed by atoms with E-state index < -0.39 is 0 Å². The Labute approximate surface area is 107 Å². The Morgan fingerprint density at radius 1 is 1.18 bits per heavy atom. The molecule has 1 aromatic carbocycles. The number of thiophene rings is 1. The molecule has 2 nitrogen and oxygen atoms in total. The summed E-state index contributed by atoms with van der Waals surface area (Å²) in [5, 5.41) is 6.04. The van der Waals surface area contributed by atoms with E-state index in [9.17, 15) is 4.79 Å². The number of fused-ring (bicyclic) bond motifs is 1. The Hall–Kier alpha value is -1.52. The van der Waals surface area contributed by atoms with Crippen molar-refractivity contribution in [2.45, 2.75) is 4.90 Å². The number of thioether (sulfide) groups is 1. The molecule has 1 aliphatic rings. The van der Waals surface area contributed by atoms with Gasteiger partial charge < -0.3 is 5.32 Å². The lowest BCUT2D eigenvalue weighted by atomic mass is 10.3. The Bertz CT molecular complexity index is 560. The minimum Gasteiger partial charge on any atom is -0.349 e. The first-order valence-electron chi connectivity index (χ1n) is 5.16. The number of benzene rings is 1. The van der Waals surface area contributed by atoms with Crippen molar-refractivity contribution in [1.29, 1.82) is 0 Å². The fourth-order valence-corrected chi connectivity index (χ4v) is 3.19. The molecule has 17 heavy (non-hydrogen) atoms. The quantitative estimate of drug-likeness (QED) is 0.653. The van der Waals surface area contributed by atoms with Gasteiger partial charge in [-0.05, 0) is 23.6 Å². The predicted molar refractivity (Wildman–Crippen MR) is 72.7 cm³/mol. The average Bonchev–Trinajstić information content (AvgIpc) is 2.97. The van der Waals surface area contributed by atoms with Gasteiger partial charge >= 0.3 is 0 Å². The predicted octanol–water partition coefficient (Wildman–Crippen LogP) is 3.99. The number of hydrogen-bond donors (Lipinski definition) is 1. The molecule has 84 valence electrons. The Morgan fingerprint density at radius 3 is 2.82 bits per heavy atom. The standard InChI is InChI=1S/C13H9NOS2/c15-10(12-6-3-7-16-12)8-13-14-9-4-1-2-5-11(9)17-13/h1-8,14H. The van der Waals surface area contributed by atoms with E-state index in [0.29, 0.717) is 0 Å². The van der Waals surface area contributed by atoms with Gasteiger partial charge in [0.15, 0.2) is 5.78 Å². The van der Waals surface area contributed by atoms with Gasteiger partial charge in [0, 0.05) is 11.0 Å². The van der Waals surface area contributed by atoms with Crippen LogP contribution in [0.15, 0.2) is 57.8 Å². The lowest BCUT2D eigenvalue weighted by Gasteiger charge is -1.96. The van der Waals surface area contributed by atoms with E-state index in [1.54, 1.807) is 17.8 Å². The summed E-state index contributed by atoms with van der Waals surface area (Å²) in [5.74, 6) is 0.0582. The Balaban J connectivity index is 1.83. The number of carbonyl (C=O) groups is 1. The van der Waals surface area contributed by atoms with Gasteiger partial charge in [-0.25, -0.2) is 0 Å². The number of para-hydroxylation sites is 1. The van der Waals surface area contributed by atoms with Gasteiger partial charge in [0.2, 0.25) is 0 Å². The molecule has 2 aromatic rings. The smallest absolute Gasteiger partial charge is 0.198 e. The van der Waals surface area contributed by atoms with Crippen LogP contribution in [0.4, 0.5) is 5.69 Å². The summed E-state index contributed by atoms with van der Waals surface area (Å²) in [4.78, 5) is 13.8. The maximum Gasteiger partial charge on any atom is 0.198 e. The number of carbonyl (C=O) groups excluding carboxylic acids is 1. The van der Waals surface area contributed by atoms with E-state index in [2.05, 4.69) is 5.32 Å². The van der Waals surface area contributed by atoms with Gasteiger partial charge in [-0.15, -0.1) is 11.3 Å². The van der Waals surface area contributed by atoms with Gasteiger partial charge in [-0.3, -0.25) is 4.79 Å². The molecular weight excluding hydrogens is 250 g/mol. The highest BCUT2D eigenvalue weighted by molar-refractivity contribution is 8.03. The van der Waals surface area contributed by atoms with Crippen LogP contribution in [0.25, 0.3) is 0 Å². The highest BCUT2D eigenvalue weighted by atomic mass is 32.2. The van der Waals surface area contributed by atoms with Crippen molar-refractivity contribution < 1.29 is 4.79 Å². The summed E-state index contributed by atoms with van der Waals surface area (Å²) in [6.07, 6.45) is 1.66. The minimum absolute atomic E-state index is 0.0582. The summed E-state index contributed by atoms with van der Waals surface area (Å²) in [6, 6.07) is 11.8. The second-order valence-corrected chi connectivity index (χ2v) is 5.60. The average molecular weight is 259 g/mol. The molecule has 2 heterocycles. The summed E-state index contributed by atoms with van der Waals surface area (Å²) < 4.78 is 0. The Morgan fingerprint density at radius 2 is 2.06 bits per heavy atom. The molecule has 1 aliphatic heterocycles. The third kappa shape index (κ3) is 2.14.